The van der Waals surface area contributed by atoms with Crippen LogP contribution < -0.4 is 5.46 Å². The standard InChI is InChI=1S/C8H6BFO3S/c10-8-4-3-7(11)14-6(4)2-1-5(8)9(12)13/h1-3,11-13H. The van der Waals surface area contributed by atoms with Gasteiger partial charge in [-0.05, 0) is 6.07 Å². The number of benzene rings is 1. The number of aromatic hydroxyl groups is 1. The van der Waals surface area contributed by atoms with Gasteiger partial charge in [0.2, 0.25) is 0 Å². The van der Waals surface area contributed by atoms with Crippen LogP contribution in [0, 0.1) is 5.82 Å². The van der Waals surface area contributed by atoms with Gasteiger partial charge in [0.05, 0.1) is 0 Å². The highest BCUT2D eigenvalue weighted by molar-refractivity contribution is 7.20. The van der Waals surface area contributed by atoms with Crippen LogP contribution in [0.3, 0.4) is 0 Å². The van der Waals surface area contributed by atoms with Crippen LogP contribution in [0.2, 0.25) is 0 Å². The molecule has 3 nitrogen and oxygen atoms in total. The van der Waals surface area contributed by atoms with E-state index >= 15 is 0 Å². The molecule has 2 rings (SSSR count). The van der Waals surface area contributed by atoms with E-state index in [0.717, 1.165) is 11.3 Å². The molecule has 1 heterocycles. The van der Waals surface area contributed by atoms with Gasteiger partial charge in [-0.2, -0.15) is 0 Å². The molecular weight excluding hydrogens is 206 g/mol. The van der Waals surface area contributed by atoms with Gasteiger partial charge in [-0.3, -0.25) is 0 Å². The number of halogens is 1. The number of fused-ring (bicyclic) bond motifs is 1. The zero-order valence-corrected chi connectivity index (χ0v) is 7.75. The highest BCUT2D eigenvalue weighted by atomic mass is 32.1. The first-order valence-corrected chi connectivity index (χ1v) is 4.68. The average Bonchev–Trinajstić information content (AvgIpc) is 2.46. The summed E-state index contributed by atoms with van der Waals surface area (Å²) in [6, 6.07) is 4.09. The predicted molar refractivity (Wildman–Crippen MR) is 53.3 cm³/mol. The van der Waals surface area contributed by atoms with E-state index < -0.39 is 12.9 Å². The van der Waals surface area contributed by atoms with Crippen molar-refractivity contribution in [1.82, 2.24) is 0 Å². The summed E-state index contributed by atoms with van der Waals surface area (Å²) in [6.45, 7) is 0. The van der Waals surface area contributed by atoms with Crippen molar-refractivity contribution in [2.24, 2.45) is 0 Å². The van der Waals surface area contributed by atoms with Crippen LogP contribution >= 0.6 is 11.3 Å². The molecule has 0 atom stereocenters. The van der Waals surface area contributed by atoms with Crippen LogP contribution in [0.4, 0.5) is 4.39 Å². The van der Waals surface area contributed by atoms with Crippen molar-refractivity contribution in [3.05, 3.63) is 24.0 Å². The molecule has 0 saturated heterocycles. The average molecular weight is 212 g/mol. The fourth-order valence-corrected chi connectivity index (χ4v) is 2.08. The lowest BCUT2D eigenvalue weighted by Gasteiger charge is -2.01. The van der Waals surface area contributed by atoms with E-state index in [2.05, 4.69) is 0 Å². The Hall–Kier alpha value is -1.11. The highest BCUT2D eigenvalue weighted by Gasteiger charge is 2.19. The first-order valence-electron chi connectivity index (χ1n) is 3.86. The molecule has 3 N–H and O–H groups in total. The minimum atomic E-state index is -1.83. The van der Waals surface area contributed by atoms with E-state index in [4.69, 9.17) is 15.2 Å². The Labute approximate surface area is 83.2 Å². The van der Waals surface area contributed by atoms with Crippen LogP contribution in [0.5, 0.6) is 5.06 Å². The Balaban J connectivity index is 2.74. The summed E-state index contributed by atoms with van der Waals surface area (Å²) < 4.78 is 14.1. The summed E-state index contributed by atoms with van der Waals surface area (Å²) in [6.07, 6.45) is 0. The molecule has 72 valence electrons. The molecular formula is C8H6BFO3S. The quantitative estimate of drug-likeness (QED) is 0.600. The Morgan fingerprint density at radius 1 is 1.29 bits per heavy atom. The molecule has 0 unspecified atom stereocenters. The second-order valence-electron chi connectivity index (χ2n) is 2.84. The smallest absolute Gasteiger partial charge is 0.491 e. The molecule has 0 amide bonds. The molecule has 0 aliphatic heterocycles. The number of rotatable bonds is 1. The van der Waals surface area contributed by atoms with Crippen molar-refractivity contribution < 1.29 is 19.5 Å². The van der Waals surface area contributed by atoms with Crippen molar-refractivity contribution in [1.29, 1.82) is 0 Å². The first-order chi connectivity index (χ1) is 6.59. The summed E-state index contributed by atoms with van der Waals surface area (Å²) in [5, 5.41) is 27.0. The van der Waals surface area contributed by atoms with Crippen LogP contribution in [0.1, 0.15) is 0 Å². The van der Waals surface area contributed by atoms with Crippen LogP contribution in [-0.4, -0.2) is 22.3 Å². The van der Waals surface area contributed by atoms with Gasteiger partial charge in [0, 0.05) is 21.6 Å². The molecule has 1 aromatic carbocycles. The van der Waals surface area contributed by atoms with E-state index in [9.17, 15) is 4.39 Å². The van der Waals surface area contributed by atoms with Gasteiger partial charge in [-0.15, -0.1) is 0 Å². The monoisotopic (exact) mass is 212 g/mol. The molecule has 0 radical (unpaired) electrons. The molecule has 0 saturated carbocycles. The molecule has 0 aliphatic carbocycles. The normalized spacial score (nSPS) is 10.8. The zero-order valence-electron chi connectivity index (χ0n) is 6.94. The second-order valence-corrected chi connectivity index (χ2v) is 3.90. The van der Waals surface area contributed by atoms with Crippen molar-refractivity contribution in [2.75, 3.05) is 0 Å². The Morgan fingerprint density at radius 3 is 2.64 bits per heavy atom. The van der Waals surface area contributed by atoms with Crippen molar-refractivity contribution >= 4 is 34.0 Å². The molecule has 0 fully saturated rings. The number of thiophene rings is 1. The summed E-state index contributed by atoms with van der Waals surface area (Å²) in [5.74, 6) is -0.700. The van der Waals surface area contributed by atoms with Crippen LogP contribution in [0.15, 0.2) is 18.2 Å². The molecule has 0 aliphatic rings. The third-order valence-corrected chi connectivity index (χ3v) is 2.83. The zero-order chi connectivity index (χ0) is 10.3. The molecule has 0 spiro atoms. The first kappa shape index (κ1) is 9.45. The van der Waals surface area contributed by atoms with Gasteiger partial charge in [0.25, 0.3) is 0 Å². The topological polar surface area (TPSA) is 60.7 Å². The molecule has 0 bridgehead atoms. The van der Waals surface area contributed by atoms with Crippen molar-refractivity contribution in [3.8, 4) is 5.06 Å². The van der Waals surface area contributed by atoms with E-state index in [1.165, 1.54) is 18.2 Å². The number of hydrogen-bond donors (Lipinski definition) is 3. The summed E-state index contributed by atoms with van der Waals surface area (Å²) in [5.41, 5.74) is -0.185. The lowest BCUT2D eigenvalue weighted by Crippen LogP contribution is -2.32. The SMILES string of the molecule is OB(O)c1ccc2sc(O)cc2c1F. The van der Waals surface area contributed by atoms with Crippen LogP contribution in [-0.2, 0) is 0 Å². The third kappa shape index (κ3) is 1.37. The minimum absolute atomic E-state index is 0.00322. The Bertz CT molecular complexity index is 483. The molecule has 6 heteroatoms. The van der Waals surface area contributed by atoms with E-state index in [1.807, 2.05) is 0 Å². The van der Waals surface area contributed by atoms with Crippen LogP contribution in [0.25, 0.3) is 10.1 Å². The van der Waals surface area contributed by atoms with Gasteiger partial charge in [0.15, 0.2) is 5.06 Å². The van der Waals surface area contributed by atoms with Crippen molar-refractivity contribution in [2.45, 2.75) is 0 Å². The van der Waals surface area contributed by atoms with Gasteiger partial charge >= 0.3 is 7.12 Å². The highest BCUT2D eigenvalue weighted by Crippen LogP contribution is 2.31. The maximum atomic E-state index is 13.5. The van der Waals surface area contributed by atoms with E-state index in [1.54, 1.807) is 0 Å². The molecule has 2 aromatic rings. The summed E-state index contributed by atoms with van der Waals surface area (Å²) >= 11 is 1.04. The second kappa shape index (κ2) is 3.23. The molecule has 1 aromatic heterocycles. The summed E-state index contributed by atoms with van der Waals surface area (Å²) in [4.78, 5) is 0. The Kier molecular flexibility index (Phi) is 2.18. The van der Waals surface area contributed by atoms with Gasteiger partial charge < -0.3 is 15.2 Å². The van der Waals surface area contributed by atoms with Gasteiger partial charge in [-0.1, -0.05) is 17.4 Å². The van der Waals surface area contributed by atoms with Gasteiger partial charge in [-0.25, -0.2) is 4.39 Å². The third-order valence-electron chi connectivity index (χ3n) is 1.93. The van der Waals surface area contributed by atoms with E-state index in [-0.39, 0.29) is 15.9 Å². The Morgan fingerprint density at radius 2 is 2.00 bits per heavy atom. The fraction of sp³-hybridized carbons (Fsp3) is 0. The summed E-state index contributed by atoms with van der Waals surface area (Å²) in [7, 11) is -1.83. The fourth-order valence-electron chi connectivity index (χ4n) is 1.28. The lowest BCUT2D eigenvalue weighted by molar-refractivity contribution is 0.423. The minimum Gasteiger partial charge on any atom is -0.499 e. The lowest BCUT2D eigenvalue weighted by atomic mass is 9.79. The van der Waals surface area contributed by atoms with Crippen molar-refractivity contribution in [3.63, 3.8) is 0 Å². The predicted octanol–water partition coefficient (Wildman–Crippen LogP) is 0.426. The maximum absolute atomic E-state index is 13.5. The van der Waals surface area contributed by atoms with Gasteiger partial charge in [0.1, 0.15) is 5.82 Å². The van der Waals surface area contributed by atoms with E-state index in [0.29, 0.717) is 4.70 Å². The number of hydrogen-bond acceptors (Lipinski definition) is 4. The largest absolute Gasteiger partial charge is 0.499 e. The maximum Gasteiger partial charge on any atom is 0.491 e. The molecule has 14 heavy (non-hydrogen) atoms.